The number of hydrogen-bond acceptors (Lipinski definition) is 3. The van der Waals surface area contributed by atoms with Crippen LogP contribution in [0.3, 0.4) is 0 Å². The van der Waals surface area contributed by atoms with E-state index in [0.717, 1.165) is 17.0 Å². The molecule has 120 valence electrons. The number of halogens is 1. The minimum atomic E-state index is -0.575. The number of aliphatic hydroxyl groups is 1. The summed E-state index contributed by atoms with van der Waals surface area (Å²) in [5.74, 6) is 0.771. The number of hydrogen-bond donors (Lipinski definition) is 1. The van der Waals surface area contributed by atoms with Crippen molar-refractivity contribution in [2.75, 3.05) is 18.6 Å². The van der Waals surface area contributed by atoms with E-state index in [1.165, 1.54) is 0 Å². The van der Waals surface area contributed by atoms with Crippen molar-refractivity contribution in [2.45, 2.75) is 18.9 Å². The van der Waals surface area contributed by atoms with E-state index < -0.39 is 6.10 Å². The molecule has 2 aromatic carbocycles. The van der Waals surface area contributed by atoms with E-state index >= 15 is 0 Å². The van der Waals surface area contributed by atoms with Crippen molar-refractivity contribution >= 4 is 23.2 Å². The molecule has 0 fully saturated rings. The summed E-state index contributed by atoms with van der Waals surface area (Å²) in [7, 11) is 1.61. The highest BCUT2D eigenvalue weighted by molar-refractivity contribution is 6.30. The van der Waals surface area contributed by atoms with Gasteiger partial charge >= 0.3 is 0 Å². The standard InChI is InChI=1S/C18H18ClNO3/c1-23-14-5-2-12(3-6-14)10-18(22)20-9-8-17(21)15-11-13(19)4-7-16(15)20/h2-7,11,17,21H,8-10H2,1H3. The van der Waals surface area contributed by atoms with Crippen LogP contribution in [0.4, 0.5) is 5.69 Å². The second-order valence-corrected chi connectivity index (χ2v) is 6.01. The third kappa shape index (κ3) is 3.33. The minimum Gasteiger partial charge on any atom is -0.497 e. The molecule has 1 amide bonds. The number of amides is 1. The van der Waals surface area contributed by atoms with E-state index in [9.17, 15) is 9.90 Å². The van der Waals surface area contributed by atoms with Gasteiger partial charge in [-0.05, 0) is 42.3 Å². The first-order valence-corrected chi connectivity index (χ1v) is 7.87. The zero-order chi connectivity index (χ0) is 16.4. The van der Waals surface area contributed by atoms with Gasteiger partial charge in [0, 0.05) is 22.8 Å². The minimum absolute atomic E-state index is 0.00522. The quantitative estimate of drug-likeness (QED) is 0.938. The Labute approximate surface area is 140 Å². The number of carbonyl (C=O) groups is 1. The van der Waals surface area contributed by atoms with Gasteiger partial charge < -0.3 is 14.7 Å². The van der Waals surface area contributed by atoms with E-state index in [0.29, 0.717) is 30.0 Å². The van der Waals surface area contributed by atoms with Gasteiger partial charge in [-0.2, -0.15) is 0 Å². The van der Waals surface area contributed by atoms with Crippen LogP contribution in [0, 0.1) is 0 Å². The Morgan fingerprint density at radius 3 is 2.74 bits per heavy atom. The van der Waals surface area contributed by atoms with Gasteiger partial charge in [0.15, 0.2) is 0 Å². The molecule has 0 bridgehead atoms. The van der Waals surface area contributed by atoms with E-state index in [-0.39, 0.29) is 5.91 Å². The number of nitrogens with zero attached hydrogens (tertiary/aromatic N) is 1. The largest absolute Gasteiger partial charge is 0.497 e. The summed E-state index contributed by atoms with van der Waals surface area (Å²) in [5.41, 5.74) is 2.39. The Balaban J connectivity index is 1.81. The van der Waals surface area contributed by atoms with Crippen LogP contribution in [0.25, 0.3) is 0 Å². The Morgan fingerprint density at radius 2 is 2.04 bits per heavy atom. The van der Waals surface area contributed by atoms with Gasteiger partial charge in [-0.3, -0.25) is 4.79 Å². The molecule has 1 N–H and O–H groups in total. The zero-order valence-corrected chi connectivity index (χ0v) is 13.6. The van der Waals surface area contributed by atoms with E-state index in [2.05, 4.69) is 0 Å². The summed E-state index contributed by atoms with van der Waals surface area (Å²) < 4.78 is 5.12. The van der Waals surface area contributed by atoms with Crippen molar-refractivity contribution in [1.29, 1.82) is 0 Å². The third-order valence-electron chi connectivity index (χ3n) is 4.08. The number of ether oxygens (including phenoxy) is 1. The molecule has 1 heterocycles. The van der Waals surface area contributed by atoms with E-state index in [4.69, 9.17) is 16.3 Å². The molecular weight excluding hydrogens is 314 g/mol. The highest BCUT2D eigenvalue weighted by Crippen LogP contribution is 2.35. The van der Waals surface area contributed by atoms with Gasteiger partial charge in [0.2, 0.25) is 5.91 Å². The number of rotatable bonds is 3. The lowest BCUT2D eigenvalue weighted by molar-refractivity contribution is -0.118. The fourth-order valence-electron chi connectivity index (χ4n) is 2.84. The van der Waals surface area contributed by atoms with Crippen molar-refractivity contribution in [1.82, 2.24) is 0 Å². The van der Waals surface area contributed by atoms with Crippen LogP contribution in [-0.4, -0.2) is 24.7 Å². The molecule has 0 saturated heterocycles. The van der Waals surface area contributed by atoms with Crippen LogP contribution in [-0.2, 0) is 11.2 Å². The Morgan fingerprint density at radius 1 is 1.30 bits per heavy atom. The summed E-state index contributed by atoms with van der Waals surface area (Å²) in [6.07, 6.45) is 0.248. The summed E-state index contributed by atoms with van der Waals surface area (Å²) >= 11 is 6.00. The number of methoxy groups -OCH3 is 1. The van der Waals surface area contributed by atoms with Crippen LogP contribution in [0.1, 0.15) is 23.7 Å². The number of fused-ring (bicyclic) bond motifs is 1. The SMILES string of the molecule is COc1ccc(CC(=O)N2CCC(O)c3cc(Cl)ccc32)cc1. The first kappa shape index (κ1) is 15.8. The van der Waals surface area contributed by atoms with Crippen LogP contribution < -0.4 is 9.64 Å². The molecule has 1 aliphatic rings. The van der Waals surface area contributed by atoms with Gasteiger partial charge in [0.25, 0.3) is 0 Å². The maximum atomic E-state index is 12.7. The fraction of sp³-hybridized carbons (Fsp3) is 0.278. The smallest absolute Gasteiger partial charge is 0.231 e. The second kappa shape index (κ2) is 6.60. The molecule has 5 heteroatoms. The molecule has 2 aromatic rings. The van der Waals surface area contributed by atoms with Crippen molar-refractivity contribution in [3.63, 3.8) is 0 Å². The molecule has 3 rings (SSSR count). The molecule has 23 heavy (non-hydrogen) atoms. The number of anilines is 1. The van der Waals surface area contributed by atoms with E-state index in [1.807, 2.05) is 24.3 Å². The molecule has 1 atom stereocenters. The van der Waals surface area contributed by atoms with Crippen LogP contribution in [0.5, 0.6) is 5.75 Å². The highest BCUT2D eigenvalue weighted by Gasteiger charge is 2.27. The second-order valence-electron chi connectivity index (χ2n) is 5.58. The Kier molecular flexibility index (Phi) is 4.55. The summed E-state index contributed by atoms with van der Waals surface area (Å²) in [6, 6.07) is 12.7. The summed E-state index contributed by atoms with van der Waals surface area (Å²) in [5, 5.41) is 10.7. The number of carbonyl (C=O) groups excluding carboxylic acids is 1. The third-order valence-corrected chi connectivity index (χ3v) is 4.32. The number of benzene rings is 2. The Bertz CT molecular complexity index is 715. The molecule has 4 nitrogen and oxygen atoms in total. The zero-order valence-electron chi connectivity index (χ0n) is 12.8. The van der Waals surface area contributed by atoms with Crippen molar-refractivity contribution < 1.29 is 14.6 Å². The van der Waals surface area contributed by atoms with Gasteiger partial charge in [0.1, 0.15) is 5.75 Å². The average Bonchev–Trinajstić information content (AvgIpc) is 2.56. The van der Waals surface area contributed by atoms with E-state index in [1.54, 1.807) is 30.2 Å². The first-order valence-electron chi connectivity index (χ1n) is 7.49. The molecule has 0 spiro atoms. The molecule has 0 aliphatic carbocycles. The Hall–Kier alpha value is -2.04. The van der Waals surface area contributed by atoms with Crippen molar-refractivity contribution in [3.05, 3.63) is 58.6 Å². The lowest BCUT2D eigenvalue weighted by atomic mass is 9.98. The van der Waals surface area contributed by atoms with Crippen LogP contribution in [0.2, 0.25) is 5.02 Å². The maximum absolute atomic E-state index is 12.7. The highest BCUT2D eigenvalue weighted by atomic mass is 35.5. The van der Waals surface area contributed by atoms with Gasteiger partial charge in [-0.25, -0.2) is 0 Å². The van der Waals surface area contributed by atoms with Crippen LogP contribution >= 0.6 is 11.6 Å². The molecule has 0 aromatic heterocycles. The normalized spacial score (nSPS) is 16.8. The number of aliphatic hydroxyl groups excluding tert-OH is 1. The topological polar surface area (TPSA) is 49.8 Å². The first-order chi connectivity index (χ1) is 11.1. The predicted molar refractivity (Wildman–Crippen MR) is 90.1 cm³/mol. The molecule has 1 unspecified atom stereocenters. The van der Waals surface area contributed by atoms with Crippen LogP contribution in [0.15, 0.2) is 42.5 Å². The molecule has 0 saturated carbocycles. The summed E-state index contributed by atoms with van der Waals surface area (Å²) in [4.78, 5) is 14.4. The van der Waals surface area contributed by atoms with Gasteiger partial charge in [0.05, 0.1) is 19.6 Å². The van der Waals surface area contributed by atoms with Crippen molar-refractivity contribution in [3.8, 4) is 5.75 Å². The summed E-state index contributed by atoms with van der Waals surface area (Å²) in [6.45, 7) is 0.505. The van der Waals surface area contributed by atoms with Crippen molar-refractivity contribution in [2.24, 2.45) is 0 Å². The molecule has 0 radical (unpaired) electrons. The van der Waals surface area contributed by atoms with Gasteiger partial charge in [-0.1, -0.05) is 23.7 Å². The lowest BCUT2D eigenvalue weighted by Gasteiger charge is -2.32. The van der Waals surface area contributed by atoms with Gasteiger partial charge in [-0.15, -0.1) is 0 Å². The monoisotopic (exact) mass is 331 g/mol. The fourth-order valence-corrected chi connectivity index (χ4v) is 3.02. The lowest BCUT2D eigenvalue weighted by Crippen LogP contribution is -2.37. The molecule has 1 aliphatic heterocycles. The maximum Gasteiger partial charge on any atom is 0.231 e. The average molecular weight is 332 g/mol. The molecular formula is C18H18ClNO3. The predicted octanol–water partition coefficient (Wildman–Crippen LogP) is 3.36.